The number of imide groups is 1. The summed E-state index contributed by atoms with van der Waals surface area (Å²) in [6.07, 6.45) is 0.398. The van der Waals surface area contributed by atoms with Gasteiger partial charge in [-0.05, 0) is 24.1 Å². The van der Waals surface area contributed by atoms with Crippen molar-refractivity contribution < 1.29 is 14.1 Å². The van der Waals surface area contributed by atoms with Gasteiger partial charge in [-0.15, -0.1) is 0 Å². The summed E-state index contributed by atoms with van der Waals surface area (Å²) in [4.78, 5) is 31.1. The number of carbonyl (C=O) groups excluding carboxylic acids is 2. The maximum absolute atomic E-state index is 13.2. The minimum absolute atomic E-state index is 0.0974. The van der Waals surface area contributed by atoms with Gasteiger partial charge in [-0.2, -0.15) is 4.98 Å². The number of benzene rings is 2. The summed E-state index contributed by atoms with van der Waals surface area (Å²) in [5.41, 5.74) is 0.332. The minimum atomic E-state index is -1.13. The fraction of sp³-hybridized carbons (Fsp3) is 0.200. The predicted octanol–water partition coefficient (Wildman–Crippen LogP) is 3.75. The van der Waals surface area contributed by atoms with Gasteiger partial charge in [-0.25, -0.2) is 4.79 Å². The molecule has 3 amide bonds. The average Bonchev–Trinajstić information content (AvgIpc) is 3.28. The summed E-state index contributed by atoms with van der Waals surface area (Å²) in [7, 11) is 0. The van der Waals surface area contributed by atoms with Crippen molar-refractivity contribution in [2.24, 2.45) is 0 Å². The first-order chi connectivity index (χ1) is 13.5. The van der Waals surface area contributed by atoms with E-state index >= 15 is 0 Å². The number of aromatic nitrogens is 2. The van der Waals surface area contributed by atoms with Crippen molar-refractivity contribution in [1.82, 2.24) is 20.4 Å². The molecule has 1 fully saturated rings. The lowest BCUT2D eigenvalue weighted by atomic mass is 9.87. The molecule has 8 heteroatoms. The van der Waals surface area contributed by atoms with Crippen molar-refractivity contribution in [3.8, 4) is 11.4 Å². The summed E-state index contributed by atoms with van der Waals surface area (Å²) in [5.74, 6) is 0.231. The fourth-order valence-corrected chi connectivity index (χ4v) is 3.43. The third-order valence-corrected chi connectivity index (χ3v) is 5.09. The average molecular weight is 397 g/mol. The number of nitrogens with one attached hydrogen (secondary N) is 1. The molecule has 28 heavy (non-hydrogen) atoms. The van der Waals surface area contributed by atoms with Gasteiger partial charge in [0.2, 0.25) is 11.7 Å². The van der Waals surface area contributed by atoms with Gasteiger partial charge >= 0.3 is 6.03 Å². The lowest BCUT2D eigenvalue weighted by Crippen LogP contribution is -2.43. The van der Waals surface area contributed by atoms with E-state index in [0.717, 1.165) is 10.5 Å². The van der Waals surface area contributed by atoms with Crippen molar-refractivity contribution in [3.63, 3.8) is 0 Å². The zero-order valence-electron chi connectivity index (χ0n) is 15.1. The second-order valence-electron chi connectivity index (χ2n) is 6.46. The van der Waals surface area contributed by atoms with Crippen LogP contribution in [0.1, 0.15) is 24.8 Å². The molecule has 0 saturated carbocycles. The Morgan fingerprint density at radius 3 is 2.50 bits per heavy atom. The van der Waals surface area contributed by atoms with Crippen molar-refractivity contribution in [3.05, 3.63) is 71.1 Å². The summed E-state index contributed by atoms with van der Waals surface area (Å²) < 4.78 is 5.25. The Bertz CT molecular complexity index is 1020. The Labute approximate surface area is 166 Å². The summed E-state index contributed by atoms with van der Waals surface area (Å²) >= 11 is 5.95. The fourth-order valence-electron chi connectivity index (χ4n) is 3.30. The van der Waals surface area contributed by atoms with Crippen LogP contribution in [0.25, 0.3) is 11.4 Å². The molecule has 2 aromatic carbocycles. The second kappa shape index (κ2) is 7.09. The molecule has 1 aliphatic heterocycles. The molecule has 7 nitrogen and oxygen atoms in total. The van der Waals surface area contributed by atoms with Crippen LogP contribution >= 0.6 is 11.6 Å². The van der Waals surface area contributed by atoms with E-state index in [9.17, 15) is 9.59 Å². The van der Waals surface area contributed by atoms with Gasteiger partial charge in [0.25, 0.3) is 5.91 Å². The number of hydrogen-bond acceptors (Lipinski definition) is 5. The SMILES string of the molecule is CCC1(c2ccc(Cl)cc2)NC(=O)N(Cc2nc(-c3ccccc3)no2)C1=O. The van der Waals surface area contributed by atoms with E-state index < -0.39 is 11.6 Å². The Balaban J connectivity index is 1.59. The van der Waals surface area contributed by atoms with E-state index in [1.165, 1.54) is 0 Å². The van der Waals surface area contributed by atoms with Crippen LogP contribution in [0.4, 0.5) is 4.79 Å². The second-order valence-corrected chi connectivity index (χ2v) is 6.90. The maximum Gasteiger partial charge on any atom is 0.325 e. The lowest BCUT2D eigenvalue weighted by Gasteiger charge is -2.25. The van der Waals surface area contributed by atoms with Crippen LogP contribution < -0.4 is 5.32 Å². The van der Waals surface area contributed by atoms with Crippen molar-refractivity contribution >= 4 is 23.5 Å². The van der Waals surface area contributed by atoms with E-state index in [2.05, 4.69) is 15.5 Å². The van der Waals surface area contributed by atoms with Gasteiger partial charge in [-0.1, -0.05) is 66.1 Å². The van der Waals surface area contributed by atoms with Gasteiger partial charge in [0, 0.05) is 10.6 Å². The number of halogens is 1. The number of rotatable bonds is 5. The van der Waals surface area contributed by atoms with Crippen LogP contribution in [0.3, 0.4) is 0 Å². The normalized spacial score (nSPS) is 19.1. The van der Waals surface area contributed by atoms with Crippen LogP contribution in [-0.4, -0.2) is 27.0 Å². The number of hydrogen-bond donors (Lipinski definition) is 1. The minimum Gasteiger partial charge on any atom is -0.337 e. The summed E-state index contributed by atoms with van der Waals surface area (Å²) in [6.45, 7) is 1.75. The molecule has 0 radical (unpaired) electrons. The van der Waals surface area contributed by atoms with Crippen LogP contribution in [-0.2, 0) is 16.9 Å². The summed E-state index contributed by atoms with van der Waals surface area (Å²) in [6, 6.07) is 15.7. The molecule has 142 valence electrons. The Hall–Kier alpha value is -3.19. The first-order valence-electron chi connectivity index (χ1n) is 8.81. The maximum atomic E-state index is 13.2. The highest BCUT2D eigenvalue weighted by Gasteiger charge is 2.51. The van der Waals surface area contributed by atoms with Gasteiger partial charge < -0.3 is 9.84 Å². The number of nitrogens with zero attached hydrogens (tertiary/aromatic N) is 3. The van der Waals surface area contributed by atoms with E-state index in [-0.39, 0.29) is 18.3 Å². The molecule has 0 aliphatic carbocycles. The van der Waals surface area contributed by atoms with Crippen LogP contribution in [0, 0.1) is 0 Å². The van der Waals surface area contributed by atoms with Gasteiger partial charge in [0.05, 0.1) is 0 Å². The molecule has 0 spiro atoms. The smallest absolute Gasteiger partial charge is 0.325 e. The van der Waals surface area contributed by atoms with E-state index in [1.807, 2.05) is 37.3 Å². The van der Waals surface area contributed by atoms with Gasteiger partial charge in [0.1, 0.15) is 12.1 Å². The van der Waals surface area contributed by atoms with E-state index in [0.29, 0.717) is 22.8 Å². The highest BCUT2D eigenvalue weighted by atomic mass is 35.5. The molecular weight excluding hydrogens is 380 g/mol. The van der Waals surface area contributed by atoms with E-state index in [1.54, 1.807) is 24.3 Å². The first kappa shape index (κ1) is 18.2. The van der Waals surface area contributed by atoms with Crippen LogP contribution in [0.5, 0.6) is 0 Å². The molecule has 1 aromatic heterocycles. The molecule has 1 atom stereocenters. The molecule has 1 aliphatic rings. The Morgan fingerprint density at radius 2 is 1.82 bits per heavy atom. The van der Waals surface area contributed by atoms with Crippen molar-refractivity contribution in [2.45, 2.75) is 25.4 Å². The predicted molar refractivity (Wildman–Crippen MR) is 102 cm³/mol. The largest absolute Gasteiger partial charge is 0.337 e. The van der Waals surface area contributed by atoms with Crippen molar-refractivity contribution in [1.29, 1.82) is 0 Å². The van der Waals surface area contributed by atoms with Gasteiger partial charge in [0.15, 0.2) is 0 Å². The standard InChI is InChI=1S/C20H17ClN4O3/c1-2-20(14-8-10-15(21)11-9-14)18(26)25(19(27)23-20)12-16-22-17(24-28-16)13-6-4-3-5-7-13/h3-11H,2,12H2,1H3,(H,23,27). The molecular formula is C20H17ClN4O3. The zero-order chi connectivity index (χ0) is 19.7. The number of amides is 3. The quantitative estimate of drug-likeness (QED) is 0.663. The topological polar surface area (TPSA) is 88.3 Å². The third kappa shape index (κ3) is 3.03. The summed E-state index contributed by atoms with van der Waals surface area (Å²) in [5, 5.41) is 7.31. The Morgan fingerprint density at radius 1 is 1.11 bits per heavy atom. The highest BCUT2D eigenvalue weighted by Crippen LogP contribution is 2.33. The first-order valence-corrected chi connectivity index (χ1v) is 9.19. The zero-order valence-corrected chi connectivity index (χ0v) is 15.8. The molecule has 1 N–H and O–H groups in total. The molecule has 2 heterocycles. The third-order valence-electron chi connectivity index (χ3n) is 4.84. The lowest BCUT2D eigenvalue weighted by molar-refractivity contribution is -0.132. The van der Waals surface area contributed by atoms with Crippen LogP contribution in [0.15, 0.2) is 59.1 Å². The van der Waals surface area contributed by atoms with Gasteiger partial charge in [-0.3, -0.25) is 9.69 Å². The monoisotopic (exact) mass is 396 g/mol. The molecule has 1 unspecified atom stereocenters. The molecule has 3 aromatic rings. The van der Waals surface area contributed by atoms with Crippen LogP contribution in [0.2, 0.25) is 5.02 Å². The highest BCUT2D eigenvalue weighted by molar-refractivity contribution is 6.30. The van der Waals surface area contributed by atoms with Crippen molar-refractivity contribution in [2.75, 3.05) is 0 Å². The molecule has 4 rings (SSSR count). The Kier molecular flexibility index (Phi) is 4.60. The molecule has 0 bridgehead atoms. The van der Waals surface area contributed by atoms with E-state index in [4.69, 9.17) is 16.1 Å². The number of urea groups is 1. The number of carbonyl (C=O) groups is 2. The molecule has 1 saturated heterocycles.